The van der Waals surface area contributed by atoms with Gasteiger partial charge in [-0.05, 0) is 11.5 Å². The number of nitrogens with two attached hydrogens (primary N) is 1. The quantitative estimate of drug-likeness (QED) is 0.856. The molecule has 0 aromatic heterocycles. The zero-order valence-corrected chi connectivity index (χ0v) is 9.55. The normalized spacial score (nSPS) is 10.0. The largest absolute Gasteiger partial charge is 0.483 e. The van der Waals surface area contributed by atoms with E-state index in [4.69, 9.17) is 10.5 Å². The average molecular weight is 244 g/mol. The van der Waals surface area contributed by atoms with Crippen LogP contribution >= 0.6 is 0 Å². The number of rotatable bonds is 3. The fraction of sp³-hybridized carbons (Fsp3) is 0.0769. The van der Waals surface area contributed by atoms with Crippen LogP contribution in [0.3, 0.4) is 0 Å². The van der Waals surface area contributed by atoms with Crippen molar-refractivity contribution in [3.05, 3.63) is 42.5 Å². The molecule has 2 aromatic carbocycles. The van der Waals surface area contributed by atoms with Crippen molar-refractivity contribution in [3.63, 3.8) is 0 Å². The van der Waals surface area contributed by atoms with Crippen molar-refractivity contribution in [1.82, 2.24) is 5.32 Å². The second-order valence-corrected chi connectivity index (χ2v) is 3.68. The van der Waals surface area contributed by atoms with Gasteiger partial charge in [0.15, 0.2) is 6.61 Å². The first kappa shape index (κ1) is 11.9. The van der Waals surface area contributed by atoms with Crippen LogP contribution < -0.4 is 15.8 Å². The lowest BCUT2D eigenvalue weighted by Crippen LogP contribution is -2.38. The smallest absolute Gasteiger partial charge is 0.318 e. The molecule has 0 radical (unpaired) electrons. The second kappa shape index (κ2) is 5.18. The maximum atomic E-state index is 11.2. The summed E-state index contributed by atoms with van der Waals surface area (Å²) < 4.78 is 5.36. The minimum atomic E-state index is -0.887. The molecule has 3 amide bonds. The molecule has 0 spiro atoms. The maximum Gasteiger partial charge on any atom is 0.318 e. The van der Waals surface area contributed by atoms with E-state index in [0.29, 0.717) is 5.75 Å². The highest BCUT2D eigenvalue weighted by atomic mass is 16.5. The molecule has 0 fully saturated rings. The van der Waals surface area contributed by atoms with Gasteiger partial charge in [0.1, 0.15) is 5.75 Å². The fourth-order valence-corrected chi connectivity index (χ4v) is 1.64. The molecule has 0 saturated carbocycles. The molecule has 2 aromatic rings. The number of amides is 3. The Morgan fingerprint density at radius 1 is 1.11 bits per heavy atom. The summed E-state index contributed by atoms with van der Waals surface area (Å²) in [4.78, 5) is 21.7. The molecule has 0 aliphatic carbocycles. The van der Waals surface area contributed by atoms with Crippen molar-refractivity contribution in [2.75, 3.05) is 6.61 Å². The Bertz CT molecular complexity index is 590. The van der Waals surface area contributed by atoms with Gasteiger partial charge in [-0.15, -0.1) is 0 Å². The van der Waals surface area contributed by atoms with Crippen LogP contribution in [0.2, 0.25) is 0 Å². The zero-order valence-electron chi connectivity index (χ0n) is 9.55. The van der Waals surface area contributed by atoms with Gasteiger partial charge in [0.2, 0.25) is 0 Å². The molecule has 5 nitrogen and oxygen atoms in total. The van der Waals surface area contributed by atoms with E-state index >= 15 is 0 Å². The van der Waals surface area contributed by atoms with Crippen LogP contribution in [0.1, 0.15) is 0 Å². The number of imide groups is 1. The first-order valence-corrected chi connectivity index (χ1v) is 5.36. The third-order valence-electron chi connectivity index (χ3n) is 2.37. The zero-order chi connectivity index (χ0) is 13.0. The number of hydrogen-bond donors (Lipinski definition) is 2. The summed E-state index contributed by atoms with van der Waals surface area (Å²) in [6.07, 6.45) is 0. The Kier molecular flexibility index (Phi) is 3.43. The van der Waals surface area contributed by atoms with Gasteiger partial charge >= 0.3 is 6.03 Å². The van der Waals surface area contributed by atoms with Crippen LogP contribution in [0.15, 0.2) is 42.5 Å². The van der Waals surface area contributed by atoms with Crippen molar-refractivity contribution in [2.24, 2.45) is 5.73 Å². The molecule has 3 N–H and O–H groups in total. The number of carbonyl (C=O) groups excluding carboxylic acids is 2. The first-order chi connectivity index (χ1) is 8.66. The highest BCUT2D eigenvalue weighted by molar-refractivity contribution is 5.94. The van der Waals surface area contributed by atoms with Gasteiger partial charge in [-0.1, -0.05) is 36.4 Å². The Hall–Kier alpha value is -2.56. The van der Waals surface area contributed by atoms with E-state index in [1.165, 1.54) is 0 Å². The van der Waals surface area contributed by atoms with Gasteiger partial charge in [-0.25, -0.2) is 4.79 Å². The van der Waals surface area contributed by atoms with E-state index < -0.39 is 11.9 Å². The van der Waals surface area contributed by atoms with Crippen LogP contribution in [-0.2, 0) is 4.79 Å². The standard InChI is InChI=1S/C13H12N2O3/c14-13(17)15-12(16)8-18-11-7-3-5-9-4-1-2-6-10(9)11/h1-7H,8H2,(H3,14,15,16,17). The summed E-state index contributed by atoms with van der Waals surface area (Å²) >= 11 is 0. The molecule has 0 saturated heterocycles. The number of primary amides is 1. The van der Waals surface area contributed by atoms with Gasteiger partial charge < -0.3 is 10.5 Å². The second-order valence-electron chi connectivity index (χ2n) is 3.68. The molecular formula is C13H12N2O3. The molecule has 0 aliphatic heterocycles. The third-order valence-corrected chi connectivity index (χ3v) is 2.37. The van der Waals surface area contributed by atoms with E-state index in [0.717, 1.165) is 10.8 Å². The average Bonchev–Trinajstić information content (AvgIpc) is 2.35. The van der Waals surface area contributed by atoms with Gasteiger partial charge in [0, 0.05) is 5.39 Å². The number of urea groups is 1. The van der Waals surface area contributed by atoms with Crippen LogP contribution in [0, 0.1) is 0 Å². The Morgan fingerprint density at radius 2 is 1.83 bits per heavy atom. The third kappa shape index (κ3) is 2.76. The Balaban J connectivity index is 2.12. The molecule has 0 aliphatic rings. The van der Waals surface area contributed by atoms with E-state index in [2.05, 4.69) is 0 Å². The number of carbonyl (C=O) groups is 2. The molecule has 5 heteroatoms. The number of benzene rings is 2. The van der Waals surface area contributed by atoms with Gasteiger partial charge in [-0.3, -0.25) is 10.1 Å². The number of fused-ring (bicyclic) bond motifs is 1. The molecule has 0 bridgehead atoms. The fourth-order valence-electron chi connectivity index (χ4n) is 1.64. The van der Waals surface area contributed by atoms with Crippen LogP contribution in [-0.4, -0.2) is 18.5 Å². The summed E-state index contributed by atoms with van der Waals surface area (Å²) in [7, 11) is 0. The summed E-state index contributed by atoms with van der Waals surface area (Å²) in [5.74, 6) is 0.0168. The van der Waals surface area contributed by atoms with Crippen LogP contribution in [0.4, 0.5) is 4.79 Å². The predicted molar refractivity (Wildman–Crippen MR) is 67.2 cm³/mol. The maximum absolute atomic E-state index is 11.2. The van der Waals surface area contributed by atoms with E-state index in [-0.39, 0.29) is 6.61 Å². The minimum Gasteiger partial charge on any atom is -0.483 e. The van der Waals surface area contributed by atoms with Gasteiger partial charge in [0.25, 0.3) is 5.91 Å². The molecule has 0 heterocycles. The summed E-state index contributed by atoms with van der Waals surface area (Å²) in [6.45, 7) is -0.253. The Labute approximate surface area is 104 Å². The molecule has 0 unspecified atom stereocenters. The molecule has 2 rings (SSSR count). The predicted octanol–water partition coefficient (Wildman–Crippen LogP) is 1.41. The monoisotopic (exact) mass is 244 g/mol. The first-order valence-electron chi connectivity index (χ1n) is 5.36. The van der Waals surface area contributed by atoms with Crippen LogP contribution in [0.25, 0.3) is 10.8 Å². The number of hydrogen-bond acceptors (Lipinski definition) is 3. The number of ether oxygens (including phenoxy) is 1. The van der Waals surface area contributed by atoms with Crippen molar-refractivity contribution in [1.29, 1.82) is 0 Å². The van der Waals surface area contributed by atoms with E-state index in [9.17, 15) is 9.59 Å². The van der Waals surface area contributed by atoms with Crippen molar-refractivity contribution < 1.29 is 14.3 Å². The van der Waals surface area contributed by atoms with Gasteiger partial charge in [0.05, 0.1) is 0 Å². The minimum absolute atomic E-state index is 0.253. The van der Waals surface area contributed by atoms with E-state index in [1.54, 1.807) is 6.07 Å². The highest BCUT2D eigenvalue weighted by Crippen LogP contribution is 2.24. The topological polar surface area (TPSA) is 81.4 Å². The highest BCUT2D eigenvalue weighted by Gasteiger charge is 2.06. The van der Waals surface area contributed by atoms with Crippen molar-refractivity contribution in [3.8, 4) is 5.75 Å². The molecule has 18 heavy (non-hydrogen) atoms. The summed E-state index contributed by atoms with van der Waals surface area (Å²) in [5.41, 5.74) is 4.83. The molecular weight excluding hydrogens is 232 g/mol. The van der Waals surface area contributed by atoms with Gasteiger partial charge in [-0.2, -0.15) is 0 Å². The lowest BCUT2D eigenvalue weighted by molar-refractivity contribution is -0.121. The summed E-state index contributed by atoms with van der Waals surface area (Å²) in [6, 6.07) is 12.3. The number of nitrogens with one attached hydrogen (secondary N) is 1. The lowest BCUT2D eigenvalue weighted by Gasteiger charge is -2.08. The molecule has 0 atom stereocenters. The summed E-state index contributed by atoms with van der Waals surface area (Å²) in [5, 5.41) is 3.86. The SMILES string of the molecule is NC(=O)NC(=O)COc1cccc2ccccc12. The Morgan fingerprint density at radius 3 is 2.61 bits per heavy atom. The lowest BCUT2D eigenvalue weighted by atomic mass is 10.1. The molecule has 92 valence electrons. The van der Waals surface area contributed by atoms with Crippen LogP contribution in [0.5, 0.6) is 5.75 Å². The van der Waals surface area contributed by atoms with E-state index in [1.807, 2.05) is 41.7 Å². The van der Waals surface area contributed by atoms with Crippen molar-refractivity contribution in [2.45, 2.75) is 0 Å². The van der Waals surface area contributed by atoms with Crippen molar-refractivity contribution >= 4 is 22.7 Å².